The number of hydrogen-bond acceptors (Lipinski definition) is 4. The molecule has 2 aromatic carbocycles. The van der Waals surface area contributed by atoms with Gasteiger partial charge in [-0.25, -0.2) is 4.39 Å². The maximum atomic E-state index is 12.9. The molecule has 3 amide bonds. The van der Waals surface area contributed by atoms with Gasteiger partial charge in [-0.05, 0) is 55.8 Å². The average Bonchev–Trinajstić information content (AvgIpc) is 2.64. The maximum absolute atomic E-state index is 12.9. The first-order valence-electron chi connectivity index (χ1n) is 8.60. The van der Waals surface area contributed by atoms with Crippen molar-refractivity contribution < 1.29 is 18.8 Å². The van der Waals surface area contributed by atoms with E-state index in [0.29, 0.717) is 17.1 Å². The highest BCUT2D eigenvalue weighted by molar-refractivity contribution is 8.01. The average molecular weight is 403 g/mol. The topological polar surface area (TPSA) is 87.3 Å². The van der Waals surface area contributed by atoms with Crippen LogP contribution in [0.1, 0.15) is 19.4 Å². The number of thioether (sulfide) groups is 1. The first-order valence-corrected chi connectivity index (χ1v) is 9.65. The predicted molar refractivity (Wildman–Crippen MR) is 111 cm³/mol. The first kappa shape index (κ1) is 21.4. The van der Waals surface area contributed by atoms with Gasteiger partial charge in [-0.1, -0.05) is 6.07 Å². The van der Waals surface area contributed by atoms with E-state index in [0.717, 1.165) is 5.56 Å². The maximum Gasteiger partial charge on any atom is 0.237 e. The van der Waals surface area contributed by atoms with Crippen LogP contribution in [0.25, 0.3) is 0 Å². The SMILES string of the molecule is CC(=O)Nc1cc(NC(=O)C(C)SCC(=O)Nc2ccc(F)cc2)ccc1C. The molecule has 0 aromatic heterocycles. The van der Waals surface area contributed by atoms with Gasteiger partial charge in [0.15, 0.2) is 0 Å². The van der Waals surface area contributed by atoms with Crippen LogP contribution in [0.4, 0.5) is 21.5 Å². The van der Waals surface area contributed by atoms with E-state index >= 15 is 0 Å². The molecule has 0 fully saturated rings. The van der Waals surface area contributed by atoms with Gasteiger partial charge in [-0.15, -0.1) is 11.8 Å². The molecule has 0 aliphatic heterocycles. The van der Waals surface area contributed by atoms with Crippen molar-refractivity contribution >= 4 is 46.5 Å². The molecule has 0 aliphatic carbocycles. The second kappa shape index (κ2) is 9.89. The van der Waals surface area contributed by atoms with E-state index in [1.54, 1.807) is 25.1 Å². The van der Waals surface area contributed by atoms with Crippen molar-refractivity contribution in [1.82, 2.24) is 0 Å². The number of nitrogens with one attached hydrogen (secondary N) is 3. The molecular formula is C20H22FN3O3S. The van der Waals surface area contributed by atoms with Gasteiger partial charge in [0.1, 0.15) is 5.82 Å². The number of carbonyl (C=O) groups excluding carboxylic acids is 3. The summed E-state index contributed by atoms with van der Waals surface area (Å²) in [6.45, 7) is 4.98. The lowest BCUT2D eigenvalue weighted by Crippen LogP contribution is -2.25. The van der Waals surface area contributed by atoms with Crippen molar-refractivity contribution in [2.75, 3.05) is 21.7 Å². The molecule has 1 atom stereocenters. The minimum Gasteiger partial charge on any atom is -0.326 e. The van der Waals surface area contributed by atoms with E-state index in [1.807, 2.05) is 6.92 Å². The summed E-state index contributed by atoms with van der Waals surface area (Å²) in [4.78, 5) is 35.6. The molecule has 1 unspecified atom stereocenters. The van der Waals surface area contributed by atoms with Gasteiger partial charge in [0, 0.05) is 24.0 Å². The van der Waals surface area contributed by atoms with Crippen LogP contribution in [0.15, 0.2) is 42.5 Å². The monoisotopic (exact) mass is 403 g/mol. The van der Waals surface area contributed by atoms with Crippen LogP contribution in [-0.2, 0) is 14.4 Å². The Labute approximate surface area is 167 Å². The Morgan fingerprint density at radius 3 is 2.29 bits per heavy atom. The highest BCUT2D eigenvalue weighted by Gasteiger charge is 2.16. The van der Waals surface area contributed by atoms with Crippen LogP contribution in [0.3, 0.4) is 0 Å². The number of halogens is 1. The van der Waals surface area contributed by atoms with Gasteiger partial charge in [-0.2, -0.15) is 0 Å². The number of carbonyl (C=O) groups is 3. The Morgan fingerprint density at radius 2 is 1.64 bits per heavy atom. The third-order valence-corrected chi connectivity index (χ3v) is 4.92. The summed E-state index contributed by atoms with van der Waals surface area (Å²) in [5.74, 6) is -1.02. The van der Waals surface area contributed by atoms with Crippen molar-refractivity contribution in [3.8, 4) is 0 Å². The number of hydrogen-bond donors (Lipinski definition) is 3. The summed E-state index contributed by atoms with van der Waals surface area (Å²) in [6, 6.07) is 10.7. The van der Waals surface area contributed by atoms with Gasteiger partial charge in [0.2, 0.25) is 17.7 Å². The van der Waals surface area contributed by atoms with Gasteiger partial charge in [-0.3, -0.25) is 14.4 Å². The normalized spacial score (nSPS) is 11.4. The van der Waals surface area contributed by atoms with E-state index in [2.05, 4.69) is 16.0 Å². The van der Waals surface area contributed by atoms with Crippen LogP contribution >= 0.6 is 11.8 Å². The molecule has 3 N–H and O–H groups in total. The first-order chi connectivity index (χ1) is 13.2. The third kappa shape index (κ3) is 6.70. The summed E-state index contributed by atoms with van der Waals surface area (Å²) in [7, 11) is 0. The molecule has 0 aliphatic rings. The number of anilines is 3. The van der Waals surface area contributed by atoms with E-state index < -0.39 is 5.25 Å². The highest BCUT2D eigenvalue weighted by Crippen LogP contribution is 2.21. The number of aryl methyl sites for hydroxylation is 1. The zero-order chi connectivity index (χ0) is 20.7. The fourth-order valence-electron chi connectivity index (χ4n) is 2.27. The summed E-state index contributed by atoms with van der Waals surface area (Å²) in [5, 5.41) is 7.67. The zero-order valence-electron chi connectivity index (χ0n) is 15.8. The molecule has 0 radical (unpaired) electrons. The minimum atomic E-state index is -0.468. The molecule has 28 heavy (non-hydrogen) atoms. The largest absolute Gasteiger partial charge is 0.326 e. The second-order valence-electron chi connectivity index (χ2n) is 6.21. The number of amides is 3. The molecule has 6 nitrogen and oxygen atoms in total. The van der Waals surface area contributed by atoms with Gasteiger partial charge >= 0.3 is 0 Å². The van der Waals surface area contributed by atoms with E-state index in [-0.39, 0.29) is 29.3 Å². The van der Waals surface area contributed by atoms with Crippen molar-refractivity contribution in [3.63, 3.8) is 0 Å². The molecule has 148 valence electrons. The van der Waals surface area contributed by atoms with Crippen molar-refractivity contribution in [3.05, 3.63) is 53.8 Å². The van der Waals surface area contributed by atoms with Crippen LogP contribution in [0, 0.1) is 12.7 Å². The Morgan fingerprint density at radius 1 is 1.00 bits per heavy atom. The highest BCUT2D eigenvalue weighted by atomic mass is 32.2. The van der Waals surface area contributed by atoms with Gasteiger partial charge in [0.05, 0.1) is 11.0 Å². The molecule has 0 saturated heterocycles. The smallest absolute Gasteiger partial charge is 0.237 e. The van der Waals surface area contributed by atoms with E-state index in [4.69, 9.17) is 0 Å². The summed E-state index contributed by atoms with van der Waals surface area (Å²) >= 11 is 1.18. The van der Waals surface area contributed by atoms with Gasteiger partial charge < -0.3 is 16.0 Å². The fraction of sp³-hybridized carbons (Fsp3) is 0.250. The second-order valence-corrected chi connectivity index (χ2v) is 7.54. The zero-order valence-corrected chi connectivity index (χ0v) is 16.7. The Kier molecular flexibility index (Phi) is 7.57. The van der Waals surface area contributed by atoms with Crippen molar-refractivity contribution in [2.24, 2.45) is 0 Å². The van der Waals surface area contributed by atoms with Gasteiger partial charge in [0.25, 0.3) is 0 Å². The van der Waals surface area contributed by atoms with Crippen LogP contribution in [0.5, 0.6) is 0 Å². The fourth-order valence-corrected chi connectivity index (χ4v) is 2.96. The molecule has 2 aromatic rings. The van der Waals surface area contributed by atoms with Crippen molar-refractivity contribution in [2.45, 2.75) is 26.0 Å². The lowest BCUT2D eigenvalue weighted by molar-refractivity contribution is -0.115. The summed E-state index contributed by atoms with van der Waals surface area (Å²) in [5.41, 5.74) is 2.56. The Hall–Kier alpha value is -2.87. The number of rotatable bonds is 7. The molecule has 2 rings (SSSR count). The Balaban J connectivity index is 1.86. The lowest BCUT2D eigenvalue weighted by atomic mass is 10.1. The van der Waals surface area contributed by atoms with Crippen LogP contribution in [0.2, 0.25) is 0 Å². The molecule has 0 spiro atoms. The molecule has 0 bridgehead atoms. The molecule has 8 heteroatoms. The molecular weight excluding hydrogens is 381 g/mol. The summed E-state index contributed by atoms with van der Waals surface area (Å²) in [6.07, 6.45) is 0. The number of benzene rings is 2. The molecule has 0 heterocycles. The van der Waals surface area contributed by atoms with Crippen molar-refractivity contribution in [1.29, 1.82) is 0 Å². The molecule has 0 saturated carbocycles. The van der Waals surface area contributed by atoms with E-state index in [1.165, 1.54) is 43.0 Å². The predicted octanol–water partition coefficient (Wildman–Crippen LogP) is 3.79. The minimum absolute atomic E-state index is 0.0804. The lowest BCUT2D eigenvalue weighted by Gasteiger charge is -2.14. The summed E-state index contributed by atoms with van der Waals surface area (Å²) < 4.78 is 12.9. The third-order valence-electron chi connectivity index (χ3n) is 3.78. The quantitative estimate of drug-likeness (QED) is 0.656. The standard InChI is InChI=1S/C20H22FN3O3S/c1-12-4-7-17(10-18(12)22-14(3)25)24-20(27)13(2)28-11-19(26)23-16-8-5-15(21)6-9-16/h4-10,13H,11H2,1-3H3,(H,22,25)(H,23,26)(H,24,27). The Bertz CT molecular complexity index is 871. The van der Waals surface area contributed by atoms with Crippen LogP contribution < -0.4 is 16.0 Å². The van der Waals surface area contributed by atoms with Crippen LogP contribution in [-0.4, -0.2) is 28.7 Å². The van der Waals surface area contributed by atoms with E-state index in [9.17, 15) is 18.8 Å².